The standard InChI is InChI=1S/C25H26Cl3F6IO5S/c26-16-6-4-2-1-3-5-7-17-39-22(36)23(24(29,30)31,25(32,33)34)41(37,38)40-35(20-12-8-18(27)9-13-20)21-14-10-19(28)11-15-21/h8-15H,1-7,16-17H2. The van der Waals surface area contributed by atoms with E-state index >= 15 is 0 Å². The molecule has 0 aliphatic carbocycles. The molecule has 0 spiro atoms. The van der Waals surface area contributed by atoms with Crippen molar-refractivity contribution in [1.29, 1.82) is 0 Å². The van der Waals surface area contributed by atoms with Crippen LogP contribution in [-0.2, 0) is 22.2 Å². The number of unbranched alkanes of at least 4 members (excludes halogenated alkanes) is 6. The second-order valence-electron chi connectivity index (χ2n) is 8.62. The molecule has 2 rings (SSSR count). The number of alkyl halides is 7. The van der Waals surface area contributed by atoms with E-state index < -0.39 is 60.0 Å². The monoisotopic (exact) mass is 784 g/mol. The van der Waals surface area contributed by atoms with Crippen molar-refractivity contribution in [1.82, 2.24) is 0 Å². The Bertz CT molecular complexity index is 1170. The molecule has 41 heavy (non-hydrogen) atoms. The summed E-state index contributed by atoms with van der Waals surface area (Å²) in [4.78, 5) is 12.6. The summed E-state index contributed by atoms with van der Waals surface area (Å²) in [7, 11) is -6.81. The van der Waals surface area contributed by atoms with Gasteiger partial charge in [-0.15, -0.1) is 11.6 Å². The van der Waals surface area contributed by atoms with Crippen LogP contribution >= 0.6 is 55.0 Å². The van der Waals surface area contributed by atoms with Crippen molar-refractivity contribution in [3.63, 3.8) is 0 Å². The van der Waals surface area contributed by atoms with Crippen LogP contribution in [0, 0.1) is 7.14 Å². The van der Waals surface area contributed by atoms with Gasteiger partial charge in [-0.05, 0) is 6.42 Å². The molecule has 0 saturated heterocycles. The Morgan fingerprint density at radius 1 is 0.707 bits per heavy atom. The second kappa shape index (κ2) is 15.6. The molecular weight excluding hydrogens is 760 g/mol. The van der Waals surface area contributed by atoms with Crippen molar-refractivity contribution in [2.75, 3.05) is 12.5 Å². The SMILES string of the molecule is O=C(OCCCCCCCCCCl)C(C(F)(F)F)(C(F)(F)F)S(=O)(=O)OI(c1ccc(Cl)cc1)c1ccc(Cl)cc1. The summed E-state index contributed by atoms with van der Waals surface area (Å²) in [6, 6.07) is 9.92. The first kappa shape index (κ1) is 36.2. The quantitative estimate of drug-likeness (QED) is 0.0593. The van der Waals surface area contributed by atoms with E-state index in [9.17, 15) is 39.6 Å². The minimum absolute atomic E-state index is 0.0119. The molecule has 0 bridgehead atoms. The van der Waals surface area contributed by atoms with Gasteiger partial charge in [0.15, 0.2) is 0 Å². The second-order valence-corrected chi connectivity index (χ2v) is 16.5. The Morgan fingerprint density at radius 2 is 1.10 bits per heavy atom. The van der Waals surface area contributed by atoms with Crippen molar-refractivity contribution in [2.45, 2.75) is 62.0 Å². The van der Waals surface area contributed by atoms with Gasteiger partial charge in [0, 0.05) is 5.88 Å². The molecule has 0 amide bonds. The fraction of sp³-hybridized carbons (Fsp3) is 0.480. The van der Waals surface area contributed by atoms with E-state index in [1.54, 1.807) is 0 Å². The summed E-state index contributed by atoms with van der Waals surface area (Å²) < 4.78 is 115. The van der Waals surface area contributed by atoms with Crippen LogP contribution < -0.4 is 0 Å². The molecule has 0 saturated carbocycles. The molecule has 232 valence electrons. The Hall–Kier alpha value is -1.00. The number of benzene rings is 2. The molecule has 0 unspecified atom stereocenters. The van der Waals surface area contributed by atoms with Gasteiger partial charge >= 0.3 is 234 Å². The summed E-state index contributed by atoms with van der Waals surface area (Å²) in [5, 5.41) is 0.338. The predicted octanol–water partition coefficient (Wildman–Crippen LogP) is 9.18. The first-order valence-electron chi connectivity index (χ1n) is 12.1. The van der Waals surface area contributed by atoms with Crippen LogP contribution in [0.25, 0.3) is 0 Å². The summed E-state index contributed by atoms with van der Waals surface area (Å²) >= 11 is 13.1. The maximum atomic E-state index is 14.2. The number of esters is 1. The van der Waals surface area contributed by atoms with Crippen molar-refractivity contribution < 1.29 is 46.8 Å². The van der Waals surface area contributed by atoms with E-state index in [1.807, 2.05) is 0 Å². The number of hydrogen-bond acceptors (Lipinski definition) is 5. The molecule has 16 heteroatoms. The fourth-order valence-corrected chi connectivity index (χ4v) is 11.4. The molecule has 0 N–H and O–H groups in total. The average Bonchev–Trinajstić information content (AvgIpc) is 2.86. The third-order valence-electron chi connectivity index (χ3n) is 5.62. The van der Waals surface area contributed by atoms with Gasteiger partial charge in [0.25, 0.3) is 0 Å². The third-order valence-corrected chi connectivity index (χ3v) is 14.3. The molecule has 0 aliphatic rings. The molecule has 2 aromatic rings. The molecular formula is C25H26Cl3F6IO5S. The van der Waals surface area contributed by atoms with E-state index in [2.05, 4.69) is 4.74 Å². The molecule has 0 heterocycles. The van der Waals surface area contributed by atoms with Crippen LogP contribution in [-0.4, -0.2) is 44.0 Å². The Morgan fingerprint density at radius 3 is 1.49 bits per heavy atom. The third kappa shape index (κ3) is 9.24. The van der Waals surface area contributed by atoms with Gasteiger partial charge in [-0.1, -0.05) is 0 Å². The van der Waals surface area contributed by atoms with E-state index in [0.717, 1.165) is 25.7 Å². The summed E-state index contributed by atoms with van der Waals surface area (Å²) in [6.07, 6.45) is -9.24. The van der Waals surface area contributed by atoms with Crippen molar-refractivity contribution in [3.05, 3.63) is 65.7 Å². The zero-order valence-electron chi connectivity index (χ0n) is 21.2. The molecule has 0 atom stereocenters. The van der Waals surface area contributed by atoms with Gasteiger partial charge in [-0.25, -0.2) is 0 Å². The van der Waals surface area contributed by atoms with Crippen molar-refractivity contribution in [3.8, 4) is 0 Å². The van der Waals surface area contributed by atoms with Crippen LogP contribution in [0.3, 0.4) is 0 Å². The summed E-state index contributed by atoms with van der Waals surface area (Å²) in [5.74, 6) is -2.52. The van der Waals surface area contributed by atoms with E-state index in [4.69, 9.17) is 37.3 Å². The van der Waals surface area contributed by atoms with Gasteiger partial charge in [0.05, 0.1) is 0 Å². The zero-order valence-corrected chi connectivity index (χ0v) is 26.5. The molecule has 0 aliphatic heterocycles. The van der Waals surface area contributed by atoms with Crippen LogP contribution in [0.1, 0.15) is 44.9 Å². The first-order valence-corrected chi connectivity index (χ1v) is 17.8. The van der Waals surface area contributed by atoms with Gasteiger partial charge in [-0.3, -0.25) is 0 Å². The van der Waals surface area contributed by atoms with Crippen molar-refractivity contribution >= 4 is 71.1 Å². The molecule has 5 nitrogen and oxygen atoms in total. The maximum absolute atomic E-state index is 14.2. The first-order chi connectivity index (χ1) is 19.1. The minimum atomic E-state index is -6.81. The summed E-state index contributed by atoms with van der Waals surface area (Å²) in [6.45, 7) is -0.847. The molecule has 0 aromatic heterocycles. The molecule has 2 aromatic carbocycles. The topological polar surface area (TPSA) is 69.7 Å². The number of rotatable bonds is 15. The van der Waals surface area contributed by atoms with Gasteiger partial charge in [0.1, 0.15) is 0 Å². The number of hydrogen-bond donors (Lipinski definition) is 0. The van der Waals surface area contributed by atoms with Crippen LogP contribution in [0.2, 0.25) is 10.0 Å². The zero-order chi connectivity index (χ0) is 30.9. The predicted molar refractivity (Wildman–Crippen MR) is 153 cm³/mol. The normalized spacial score (nSPS) is 13.2. The van der Waals surface area contributed by atoms with Gasteiger partial charge in [-0.2, -0.15) is 0 Å². The average molecular weight is 786 g/mol. The summed E-state index contributed by atoms with van der Waals surface area (Å²) in [5.41, 5.74) is 0. The van der Waals surface area contributed by atoms with Crippen LogP contribution in [0.5, 0.6) is 0 Å². The molecule has 0 radical (unpaired) electrons. The van der Waals surface area contributed by atoms with E-state index in [1.165, 1.54) is 48.5 Å². The Kier molecular flexibility index (Phi) is 13.8. The number of carbonyl (C=O) groups excluding carboxylic acids is 1. The Balaban J connectivity index is 2.41. The van der Waals surface area contributed by atoms with Gasteiger partial charge in [0.2, 0.25) is 0 Å². The van der Waals surface area contributed by atoms with Crippen molar-refractivity contribution in [2.24, 2.45) is 0 Å². The van der Waals surface area contributed by atoms with Crippen LogP contribution in [0.4, 0.5) is 26.3 Å². The Labute approximate surface area is 256 Å². The fourth-order valence-electron chi connectivity index (χ4n) is 3.54. The van der Waals surface area contributed by atoms with E-state index in [0.29, 0.717) is 18.7 Å². The number of carbonyl (C=O) groups is 1. The van der Waals surface area contributed by atoms with Gasteiger partial charge < -0.3 is 0 Å². The number of ether oxygens (including phenoxy) is 1. The molecule has 0 fully saturated rings. The van der Waals surface area contributed by atoms with Crippen LogP contribution in [0.15, 0.2) is 48.5 Å². The van der Waals surface area contributed by atoms with E-state index in [-0.39, 0.29) is 23.6 Å². The number of halogens is 10.